The van der Waals surface area contributed by atoms with E-state index in [2.05, 4.69) is 4.98 Å². The Morgan fingerprint density at radius 3 is 2.88 bits per heavy atom. The maximum atomic E-state index is 10.5. The van der Waals surface area contributed by atoms with Crippen LogP contribution < -0.4 is 0 Å². The Labute approximate surface area is 98.5 Å². The van der Waals surface area contributed by atoms with Crippen LogP contribution in [0.2, 0.25) is 0 Å². The second-order valence-corrected chi connectivity index (χ2v) is 4.09. The van der Waals surface area contributed by atoms with E-state index < -0.39 is 4.92 Å². The Morgan fingerprint density at radius 1 is 1.69 bits per heavy atom. The molecule has 1 atom stereocenters. The molecule has 1 rings (SSSR count). The number of aromatic nitrogens is 1. The Morgan fingerprint density at radius 2 is 2.38 bits per heavy atom. The van der Waals surface area contributed by atoms with Gasteiger partial charge in [0.1, 0.15) is 6.20 Å². The van der Waals surface area contributed by atoms with E-state index in [4.69, 9.17) is 16.3 Å². The smallest absolute Gasteiger partial charge is 0.287 e. The number of methoxy groups -OCH3 is 1. The number of hydrogen-bond acceptors (Lipinski definition) is 4. The highest BCUT2D eigenvalue weighted by molar-refractivity contribution is 6.20. The van der Waals surface area contributed by atoms with Crippen molar-refractivity contribution in [1.29, 1.82) is 0 Å². The van der Waals surface area contributed by atoms with E-state index >= 15 is 0 Å². The number of alkyl halides is 1. The predicted octanol–water partition coefficient (Wildman–Crippen LogP) is 2.09. The van der Waals surface area contributed by atoms with Gasteiger partial charge in [0.2, 0.25) is 0 Å². The fourth-order valence-corrected chi connectivity index (χ4v) is 1.62. The van der Waals surface area contributed by atoms with E-state index in [9.17, 15) is 10.1 Å². The van der Waals surface area contributed by atoms with Crippen molar-refractivity contribution in [2.75, 3.05) is 13.7 Å². The van der Waals surface area contributed by atoms with Crippen LogP contribution in [0.25, 0.3) is 0 Å². The summed E-state index contributed by atoms with van der Waals surface area (Å²) in [5, 5.41) is 10.3. The molecule has 0 aromatic carbocycles. The van der Waals surface area contributed by atoms with Crippen LogP contribution in [0.1, 0.15) is 11.3 Å². The average molecular weight is 245 g/mol. The lowest BCUT2D eigenvalue weighted by atomic mass is 10.1. The molecule has 16 heavy (non-hydrogen) atoms. The highest BCUT2D eigenvalue weighted by Crippen LogP contribution is 2.16. The van der Waals surface area contributed by atoms with Gasteiger partial charge in [0.05, 0.1) is 16.9 Å². The lowest BCUT2D eigenvalue weighted by molar-refractivity contribution is -0.385. The van der Waals surface area contributed by atoms with E-state index in [-0.39, 0.29) is 11.1 Å². The predicted molar refractivity (Wildman–Crippen MR) is 60.8 cm³/mol. The zero-order valence-corrected chi connectivity index (χ0v) is 9.90. The van der Waals surface area contributed by atoms with Crippen LogP contribution in [-0.4, -0.2) is 29.0 Å². The molecule has 0 aliphatic heterocycles. The lowest BCUT2D eigenvalue weighted by Gasteiger charge is -2.09. The van der Waals surface area contributed by atoms with Gasteiger partial charge in [-0.3, -0.25) is 15.1 Å². The first-order chi connectivity index (χ1) is 7.54. The molecule has 1 aromatic heterocycles. The molecule has 6 heteroatoms. The van der Waals surface area contributed by atoms with Crippen LogP contribution >= 0.6 is 11.6 Å². The molecule has 5 nitrogen and oxygen atoms in total. The number of halogens is 1. The third-order valence-corrected chi connectivity index (χ3v) is 2.43. The number of aryl methyl sites for hydroxylation is 1. The van der Waals surface area contributed by atoms with Gasteiger partial charge in [-0.2, -0.15) is 0 Å². The summed E-state index contributed by atoms with van der Waals surface area (Å²) in [4.78, 5) is 14.1. The van der Waals surface area contributed by atoms with Crippen molar-refractivity contribution < 1.29 is 9.66 Å². The Balaban J connectivity index is 2.79. The van der Waals surface area contributed by atoms with Gasteiger partial charge < -0.3 is 4.74 Å². The van der Waals surface area contributed by atoms with Crippen molar-refractivity contribution in [3.05, 3.63) is 33.6 Å². The molecule has 88 valence electrons. The number of pyridine rings is 1. The topological polar surface area (TPSA) is 65.3 Å². The van der Waals surface area contributed by atoms with Crippen LogP contribution in [0.4, 0.5) is 5.69 Å². The third-order valence-electron chi connectivity index (χ3n) is 2.15. The number of nitrogens with zero attached hydrogens (tertiary/aromatic N) is 2. The van der Waals surface area contributed by atoms with Gasteiger partial charge >= 0.3 is 0 Å². The molecular weight excluding hydrogens is 232 g/mol. The molecule has 0 N–H and O–H groups in total. The van der Waals surface area contributed by atoms with Crippen LogP contribution in [0.15, 0.2) is 12.3 Å². The van der Waals surface area contributed by atoms with Crippen LogP contribution in [-0.2, 0) is 11.2 Å². The van der Waals surface area contributed by atoms with E-state index in [0.717, 1.165) is 11.3 Å². The van der Waals surface area contributed by atoms with Crippen LogP contribution in [0.3, 0.4) is 0 Å². The van der Waals surface area contributed by atoms with E-state index in [0.29, 0.717) is 13.0 Å². The van der Waals surface area contributed by atoms with Crippen molar-refractivity contribution in [3.63, 3.8) is 0 Å². The van der Waals surface area contributed by atoms with Gasteiger partial charge in [-0.1, -0.05) is 0 Å². The standard InChI is InChI=1S/C10H13ClN2O3/c1-7-3-9(13(14)15)5-12-10(7)4-8(11)6-16-2/h3,5,8H,4,6H2,1-2H3. The van der Waals surface area contributed by atoms with Crippen LogP contribution in [0.5, 0.6) is 0 Å². The molecular formula is C10H13ClN2O3. The molecule has 1 unspecified atom stereocenters. The largest absolute Gasteiger partial charge is 0.383 e. The highest BCUT2D eigenvalue weighted by Gasteiger charge is 2.12. The fraction of sp³-hybridized carbons (Fsp3) is 0.500. The molecule has 0 aliphatic rings. The Bertz CT molecular complexity index is 384. The minimum absolute atomic E-state index is 0.000820. The van der Waals surface area contributed by atoms with Gasteiger partial charge in [0.15, 0.2) is 0 Å². The summed E-state index contributed by atoms with van der Waals surface area (Å²) in [5.41, 5.74) is 1.54. The molecule has 0 aliphatic carbocycles. The molecule has 0 saturated carbocycles. The molecule has 1 aromatic rings. The zero-order chi connectivity index (χ0) is 12.1. The van der Waals surface area contributed by atoms with Gasteiger partial charge in [0, 0.05) is 25.3 Å². The van der Waals surface area contributed by atoms with Crippen molar-refractivity contribution in [3.8, 4) is 0 Å². The summed E-state index contributed by atoms with van der Waals surface area (Å²) in [6.07, 6.45) is 1.79. The SMILES string of the molecule is COCC(Cl)Cc1ncc([N+](=O)[O-])cc1C. The maximum Gasteiger partial charge on any atom is 0.287 e. The summed E-state index contributed by atoms with van der Waals surface area (Å²) in [7, 11) is 1.57. The minimum Gasteiger partial charge on any atom is -0.383 e. The summed E-state index contributed by atoms with van der Waals surface area (Å²) < 4.78 is 4.91. The number of rotatable bonds is 5. The highest BCUT2D eigenvalue weighted by atomic mass is 35.5. The first-order valence-electron chi connectivity index (χ1n) is 4.77. The van der Waals surface area contributed by atoms with Crippen molar-refractivity contribution in [2.24, 2.45) is 0 Å². The van der Waals surface area contributed by atoms with Gasteiger partial charge in [0.25, 0.3) is 5.69 Å². The fourth-order valence-electron chi connectivity index (χ4n) is 1.35. The quantitative estimate of drug-likeness (QED) is 0.452. The zero-order valence-electron chi connectivity index (χ0n) is 9.14. The van der Waals surface area contributed by atoms with Crippen molar-refractivity contribution in [2.45, 2.75) is 18.7 Å². The number of hydrogen-bond donors (Lipinski definition) is 0. The summed E-state index contributed by atoms with van der Waals surface area (Å²) in [6, 6.07) is 1.50. The van der Waals surface area contributed by atoms with E-state index in [1.165, 1.54) is 12.3 Å². The first kappa shape index (κ1) is 12.9. The van der Waals surface area contributed by atoms with Crippen molar-refractivity contribution >= 4 is 17.3 Å². The monoisotopic (exact) mass is 244 g/mol. The summed E-state index contributed by atoms with van der Waals surface area (Å²) in [6.45, 7) is 2.21. The normalized spacial score (nSPS) is 12.4. The second kappa shape index (κ2) is 5.77. The molecule has 0 saturated heterocycles. The Kier molecular flexibility index (Phi) is 4.64. The minimum atomic E-state index is -0.461. The molecule has 0 radical (unpaired) electrons. The van der Waals surface area contributed by atoms with Crippen LogP contribution in [0, 0.1) is 17.0 Å². The van der Waals surface area contributed by atoms with E-state index in [1.54, 1.807) is 14.0 Å². The molecule has 1 heterocycles. The molecule has 0 bridgehead atoms. The molecule has 0 fully saturated rings. The van der Waals surface area contributed by atoms with E-state index in [1.807, 2.05) is 0 Å². The number of ether oxygens (including phenoxy) is 1. The van der Waals surface area contributed by atoms with Gasteiger partial charge in [-0.15, -0.1) is 11.6 Å². The second-order valence-electron chi connectivity index (χ2n) is 3.47. The first-order valence-corrected chi connectivity index (χ1v) is 5.21. The molecule has 0 amide bonds. The third kappa shape index (κ3) is 3.43. The number of nitro groups is 1. The Hall–Kier alpha value is -1.20. The van der Waals surface area contributed by atoms with Gasteiger partial charge in [-0.05, 0) is 12.5 Å². The lowest BCUT2D eigenvalue weighted by Crippen LogP contribution is -2.12. The average Bonchev–Trinajstić information content (AvgIpc) is 2.21. The molecule has 0 spiro atoms. The van der Waals surface area contributed by atoms with Crippen molar-refractivity contribution in [1.82, 2.24) is 4.98 Å². The summed E-state index contributed by atoms with van der Waals surface area (Å²) >= 11 is 5.99. The maximum absolute atomic E-state index is 10.5. The van der Waals surface area contributed by atoms with Gasteiger partial charge in [-0.25, -0.2) is 0 Å². The summed E-state index contributed by atoms with van der Waals surface area (Å²) in [5.74, 6) is 0.